The number of amides is 1. The zero-order valence-corrected chi connectivity index (χ0v) is 51.8. The molecule has 17 atom stereocenters. The van der Waals surface area contributed by atoms with E-state index in [-0.39, 0.29) is 18.9 Å². The van der Waals surface area contributed by atoms with Crippen LogP contribution in [0.4, 0.5) is 0 Å². The van der Waals surface area contributed by atoms with Crippen LogP contribution in [0.2, 0.25) is 0 Å². The van der Waals surface area contributed by atoms with E-state index in [1.165, 1.54) is 103 Å². The highest BCUT2D eigenvalue weighted by Crippen LogP contribution is 2.33. The fourth-order valence-corrected chi connectivity index (χ4v) is 11.0. The summed E-state index contributed by atoms with van der Waals surface area (Å²) in [6.45, 7) is 1.67. The van der Waals surface area contributed by atoms with Crippen LogP contribution in [0.1, 0.15) is 219 Å². The Morgan fingerprint density at radius 3 is 1.27 bits per heavy atom. The lowest BCUT2D eigenvalue weighted by Gasteiger charge is -2.48. The van der Waals surface area contributed by atoms with Crippen molar-refractivity contribution in [1.82, 2.24) is 5.32 Å². The molecule has 3 aliphatic heterocycles. The fraction of sp³-hybridized carbons (Fsp3) is 0.833. The number of hydrogen-bond acceptors (Lipinski definition) is 18. The maximum Gasteiger partial charge on any atom is 0.220 e. The van der Waals surface area contributed by atoms with Crippen LogP contribution < -0.4 is 5.32 Å². The molecule has 19 nitrogen and oxygen atoms in total. The van der Waals surface area contributed by atoms with Gasteiger partial charge in [-0.1, -0.05) is 216 Å². The highest BCUT2D eigenvalue weighted by atomic mass is 16.8. The molecule has 3 rings (SSSR count). The number of aliphatic hydroxyl groups excluding tert-OH is 11. The number of rotatable bonds is 49. The second-order valence-electron chi connectivity index (χ2n) is 23.6. The molecule has 494 valence electrons. The average Bonchev–Trinajstić information content (AvgIpc) is 2.72. The molecule has 0 aliphatic carbocycles. The first-order valence-corrected chi connectivity index (χ1v) is 33.0. The van der Waals surface area contributed by atoms with Gasteiger partial charge in [-0.05, 0) is 57.8 Å². The molecule has 85 heavy (non-hydrogen) atoms. The number of carbonyl (C=O) groups is 1. The molecule has 0 aromatic carbocycles. The van der Waals surface area contributed by atoms with Crippen molar-refractivity contribution in [2.45, 2.75) is 324 Å². The zero-order chi connectivity index (χ0) is 61.9. The molecule has 17 unspecified atom stereocenters. The number of ether oxygens (including phenoxy) is 6. The lowest BCUT2D eigenvalue weighted by Crippen LogP contribution is -2.66. The van der Waals surface area contributed by atoms with E-state index in [9.17, 15) is 61.0 Å². The first-order chi connectivity index (χ1) is 41.3. The van der Waals surface area contributed by atoms with Crippen LogP contribution in [0.5, 0.6) is 0 Å². The smallest absolute Gasteiger partial charge is 0.220 e. The van der Waals surface area contributed by atoms with Gasteiger partial charge >= 0.3 is 0 Å². The van der Waals surface area contributed by atoms with Gasteiger partial charge in [-0.3, -0.25) is 4.79 Å². The van der Waals surface area contributed by atoms with Gasteiger partial charge in [-0.15, -0.1) is 0 Å². The van der Waals surface area contributed by atoms with Gasteiger partial charge in [0.2, 0.25) is 5.91 Å². The number of nitrogens with one attached hydrogen (secondary N) is 1. The van der Waals surface area contributed by atoms with E-state index in [1.54, 1.807) is 0 Å². The summed E-state index contributed by atoms with van der Waals surface area (Å²) in [5, 5.41) is 120. The molecule has 3 aliphatic rings. The second-order valence-corrected chi connectivity index (χ2v) is 23.6. The topological polar surface area (TPSA) is 307 Å². The van der Waals surface area contributed by atoms with Crippen molar-refractivity contribution in [2.75, 3.05) is 26.4 Å². The molecule has 0 radical (unpaired) electrons. The minimum absolute atomic E-state index is 0.249. The third-order valence-electron chi connectivity index (χ3n) is 16.4. The van der Waals surface area contributed by atoms with Crippen molar-refractivity contribution in [2.24, 2.45) is 0 Å². The van der Waals surface area contributed by atoms with Gasteiger partial charge in [0, 0.05) is 6.42 Å². The summed E-state index contributed by atoms with van der Waals surface area (Å²) in [6.07, 6.45) is 30.1. The first kappa shape index (κ1) is 76.7. The monoisotopic (exact) mass is 1210 g/mol. The van der Waals surface area contributed by atoms with Crippen LogP contribution in [0.3, 0.4) is 0 Å². The Morgan fingerprint density at radius 1 is 0.435 bits per heavy atom. The molecule has 3 heterocycles. The number of allylic oxidation sites excluding steroid dienone is 10. The molecule has 0 saturated carbocycles. The molecule has 1 amide bonds. The molecule has 3 saturated heterocycles. The predicted molar refractivity (Wildman–Crippen MR) is 328 cm³/mol. The van der Waals surface area contributed by atoms with Gasteiger partial charge in [0.1, 0.15) is 73.2 Å². The fourth-order valence-electron chi connectivity index (χ4n) is 11.0. The van der Waals surface area contributed by atoms with Gasteiger partial charge < -0.3 is 89.9 Å². The summed E-state index contributed by atoms with van der Waals surface area (Å²) in [5.41, 5.74) is 0. The number of aliphatic hydroxyl groups is 11. The third kappa shape index (κ3) is 31.2. The Morgan fingerprint density at radius 2 is 0.812 bits per heavy atom. The van der Waals surface area contributed by atoms with E-state index in [0.717, 1.165) is 83.5 Å². The van der Waals surface area contributed by atoms with Gasteiger partial charge in [-0.25, -0.2) is 0 Å². The molecule has 19 heteroatoms. The summed E-state index contributed by atoms with van der Waals surface area (Å²) < 4.78 is 34.3. The standard InChI is InChI=1S/C66H117NO18/c1-3-5-7-9-11-13-15-17-18-19-20-21-22-23-24-25-26-27-28-29-30-32-34-36-38-40-42-44-54(72)67-49(50(71)43-41-39-37-35-33-31-16-14-12-10-8-6-4-2)48-80-64-60(78)57(75)62(52(46-69)82-64)85-66-61(79)58(76)63(53(47-70)83-66)84-65-59(77)56(74)55(73)51(45-68)81-65/h5,7,11,13,17-18,20-21,23-24,49-53,55-66,68-71,73-79H,3-4,6,8-10,12,14-16,19,22,25-48H2,1-2H3,(H,67,72)/b7-5-,13-11-,18-17-,21-20-,24-23-. The lowest BCUT2D eigenvalue weighted by molar-refractivity contribution is -0.379. The van der Waals surface area contributed by atoms with Crippen molar-refractivity contribution in [3.63, 3.8) is 0 Å². The maximum atomic E-state index is 13.4. The van der Waals surface area contributed by atoms with E-state index < -0.39 is 124 Å². The summed E-state index contributed by atoms with van der Waals surface area (Å²) in [4.78, 5) is 13.4. The first-order valence-electron chi connectivity index (χ1n) is 33.0. The minimum Gasteiger partial charge on any atom is -0.394 e. The van der Waals surface area contributed by atoms with Gasteiger partial charge in [0.05, 0.1) is 38.6 Å². The van der Waals surface area contributed by atoms with Crippen molar-refractivity contribution < 1.29 is 89.4 Å². The normalized spacial score (nSPS) is 29.4. The van der Waals surface area contributed by atoms with E-state index in [2.05, 4.69) is 79.9 Å². The summed E-state index contributed by atoms with van der Waals surface area (Å²) >= 11 is 0. The van der Waals surface area contributed by atoms with E-state index in [4.69, 9.17) is 28.4 Å². The summed E-state index contributed by atoms with van der Waals surface area (Å²) in [7, 11) is 0. The molecule has 3 fully saturated rings. The largest absolute Gasteiger partial charge is 0.394 e. The molecule has 0 spiro atoms. The van der Waals surface area contributed by atoms with Crippen LogP contribution in [-0.4, -0.2) is 193 Å². The Balaban J connectivity index is 1.42. The van der Waals surface area contributed by atoms with E-state index in [0.29, 0.717) is 12.8 Å². The van der Waals surface area contributed by atoms with Crippen molar-refractivity contribution in [1.29, 1.82) is 0 Å². The average molecular weight is 1210 g/mol. The Bertz CT molecular complexity index is 1780. The zero-order valence-electron chi connectivity index (χ0n) is 51.8. The van der Waals surface area contributed by atoms with Crippen molar-refractivity contribution in [3.05, 3.63) is 60.8 Å². The van der Waals surface area contributed by atoms with Gasteiger partial charge in [0.25, 0.3) is 0 Å². The molecule has 0 aromatic rings. The Kier molecular flexibility index (Phi) is 43.7. The highest BCUT2D eigenvalue weighted by molar-refractivity contribution is 5.76. The Labute approximate surface area is 509 Å². The van der Waals surface area contributed by atoms with E-state index in [1.807, 2.05) is 0 Å². The van der Waals surface area contributed by atoms with E-state index >= 15 is 0 Å². The van der Waals surface area contributed by atoms with Gasteiger partial charge in [0.15, 0.2) is 18.9 Å². The third-order valence-corrected chi connectivity index (χ3v) is 16.4. The summed E-state index contributed by atoms with van der Waals surface area (Å²) in [6, 6.07) is -0.891. The van der Waals surface area contributed by atoms with Crippen LogP contribution in [0.15, 0.2) is 60.8 Å². The number of carbonyl (C=O) groups excluding carboxylic acids is 1. The number of hydrogen-bond donors (Lipinski definition) is 12. The van der Waals surface area contributed by atoms with Crippen LogP contribution in [0, 0.1) is 0 Å². The molecule has 0 bridgehead atoms. The number of unbranched alkanes of at least 4 members (excludes halogenated alkanes) is 23. The molecular weight excluding hydrogens is 1090 g/mol. The predicted octanol–water partition coefficient (Wildman–Crippen LogP) is 7.60. The molecular formula is C66H117NO18. The molecule has 12 N–H and O–H groups in total. The maximum absolute atomic E-state index is 13.4. The lowest BCUT2D eigenvalue weighted by atomic mass is 9.96. The highest BCUT2D eigenvalue weighted by Gasteiger charge is 2.53. The molecule has 0 aromatic heterocycles. The van der Waals surface area contributed by atoms with Crippen LogP contribution in [0.25, 0.3) is 0 Å². The SMILES string of the molecule is CC/C=C\C/C=C\C/C=C\C/C=C\C/C=C\CCCCCCCCCCCCCC(=O)NC(COC1OC(CO)C(OC2OC(CO)C(OC3OC(CO)C(O)C(O)C3O)C(O)C2O)C(O)C1O)C(O)CCCCCCCCCCCCCCC. The summed E-state index contributed by atoms with van der Waals surface area (Å²) in [5.74, 6) is -0.249. The van der Waals surface area contributed by atoms with Crippen LogP contribution in [-0.2, 0) is 33.2 Å². The van der Waals surface area contributed by atoms with Crippen molar-refractivity contribution >= 4 is 5.91 Å². The second kappa shape index (κ2) is 48.4. The quantitative estimate of drug-likeness (QED) is 0.0206. The minimum atomic E-state index is -1.97. The Hall–Kier alpha value is -2.51. The van der Waals surface area contributed by atoms with Gasteiger partial charge in [-0.2, -0.15) is 0 Å². The van der Waals surface area contributed by atoms with Crippen molar-refractivity contribution in [3.8, 4) is 0 Å². The van der Waals surface area contributed by atoms with Crippen LogP contribution >= 0.6 is 0 Å².